The fourth-order valence-corrected chi connectivity index (χ4v) is 7.23. The summed E-state index contributed by atoms with van der Waals surface area (Å²) < 4.78 is 0. The van der Waals surface area contributed by atoms with Gasteiger partial charge in [0.1, 0.15) is 5.69 Å². The van der Waals surface area contributed by atoms with Crippen LogP contribution in [0.4, 0.5) is 45.5 Å². The van der Waals surface area contributed by atoms with Crippen LogP contribution >= 0.6 is 0 Å². The van der Waals surface area contributed by atoms with E-state index in [1.807, 2.05) is 36.4 Å². The van der Waals surface area contributed by atoms with Gasteiger partial charge < -0.3 is 33.2 Å². The first-order valence-corrected chi connectivity index (χ1v) is 24.9. The summed E-state index contributed by atoms with van der Waals surface area (Å²) in [4.78, 5) is 42.1. The molecule has 0 amide bonds. The molecule has 3 aromatic rings. The highest BCUT2D eigenvalue weighted by atomic mass is 16.6. The number of nitrogens with one attached hydrogen (secondary N) is 3. The predicted molar refractivity (Wildman–Crippen MR) is 296 cm³/mol. The zero-order valence-electron chi connectivity index (χ0n) is 42.7. The first kappa shape index (κ1) is 64.3. The Morgan fingerprint density at radius 3 is 1.37 bits per heavy atom. The van der Waals surface area contributed by atoms with E-state index in [0.717, 1.165) is 67.9 Å². The van der Waals surface area contributed by atoms with Gasteiger partial charge in [-0.2, -0.15) is 0 Å². The van der Waals surface area contributed by atoms with Gasteiger partial charge in [-0.05, 0) is 82.0 Å². The summed E-state index contributed by atoms with van der Waals surface area (Å²) >= 11 is 0. The summed E-state index contributed by atoms with van der Waals surface area (Å²) in [6, 6.07) is 14.0. The van der Waals surface area contributed by atoms with Crippen molar-refractivity contribution < 1.29 is 19.7 Å². The Morgan fingerprint density at radius 2 is 0.972 bits per heavy atom. The Morgan fingerprint density at radius 1 is 0.535 bits per heavy atom. The third-order valence-corrected chi connectivity index (χ3v) is 11.4. The maximum Gasteiger partial charge on any atom is 0.299 e. The van der Waals surface area contributed by atoms with Crippen molar-refractivity contribution in [1.29, 1.82) is 0 Å². The second kappa shape index (κ2) is 37.2. The first-order valence-electron chi connectivity index (χ1n) is 24.9. The van der Waals surface area contributed by atoms with Crippen molar-refractivity contribution in [1.82, 2.24) is 0 Å². The summed E-state index contributed by atoms with van der Waals surface area (Å²) in [5.41, 5.74) is 22.4. The molecule has 0 aliphatic heterocycles. The van der Waals surface area contributed by atoms with Crippen LogP contribution in [0.3, 0.4) is 0 Å². The molecule has 0 spiro atoms. The molecule has 0 atom stereocenters. The molecule has 18 nitrogen and oxygen atoms in total. The van der Waals surface area contributed by atoms with Crippen LogP contribution in [0, 0.1) is 40.5 Å². The Balaban J connectivity index is 0.00000122. The van der Waals surface area contributed by atoms with Crippen molar-refractivity contribution in [3.8, 4) is 0 Å². The number of hydrogen-bond acceptors (Lipinski definition) is 14. The van der Waals surface area contributed by atoms with E-state index in [-0.39, 0.29) is 42.2 Å². The number of rotatable bonds is 32. The zero-order chi connectivity index (χ0) is 52.4. The predicted octanol–water partition coefficient (Wildman–Crippen LogP) is 14.8. The van der Waals surface area contributed by atoms with E-state index in [0.29, 0.717) is 40.4 Å². The SMILES string of the molecule is C.C=C(C)/C(=C\C(=C(C)C)[N+](=O)[O-])[N+](=O)[O-].CCCCCCCCNc1ccc(Cc2cc(NCCCCCCCC)c([N+](=O)[O-])cc2[N+](=O)[O-])c(N)c1.CCCCCCCCNc1ccc(N)c(N)c1. The van der Waals surface area contributed by atoms with E-state index in [1.54, 1.807) is 0 Å². The van der Waals surface area contributed by atoms with E-state index in [9.17, 15) is 40.5 Å². The van der Waals surface area contributed by atoms with Crippen molar-refractivity contribution in [2.75, 3.05) is 52.8 Å². The summed E-state index contributed by atoms with van der Waals surface area (Å²) in [6.45, 7) is 16.9. The lowest BCUT2D eigenvalue weighted by atomic mass is 10.00. The van der Waals surface area contributed by atoms with Gasteiger partial charge in [0.2, 0.25) is 0 Å². The van der Waals surface area contributed by atoms with Crippen molar-refractivity contribution in [2.45, 2.75) is 171 Å². The van der Waals surface area contributed by atoms with Crippen LogP contribution < -0.4 is 33.2 Å². The highest BCUT2D eigenvalue weighted by Gasteiger charge is 2.25. The van der Waals surface area contributed by atoms with Crippen LogP contribution in [-0.2, 0) is 6.42 Å². The number of nitrogens with two attached hydrogens (primary N) is 3. The molecule has 0 saturated heterocycles. The average Bonchev–Trinajstić information content (AvgIpc) is 3.30. The summed E-state index contributed by atoms with van der Waals surface area (Å²) in [7, 11) is 0. The number of allylic oxidation sites excluding steroid dienone is 3. The van der Waals surface area contributed by atoms with Crippen LogP contribution in [-0.4, -0.2) is 39.3 Å². The van der Waals surface area contributed by atoms with Gasteiger partial charge >= 0.3 is 0 Å². The van der Waals surface area contributed by atoms with Gasteiger partial charge in [0.15, 0.2) is 0 Å². The number of nitrogens with zero attached hydrogens (tertiary/aromatic N) is 4. The lowest BCUT2D eigenvalue weighted by molar-refractivity contribution is -0.432. The number of benzene rings is 3. The fraction of sp³-hybridized carbons (Fsp3) is 0.547. The zero-order valence-corrected chi connectivity index (χ0v) is 42.7. The lowest BCUT2D eigenvalue weighted by Gasteiger charge is -2.13. The molecule has 0 aromatic heterocycles. The van der Waals surface area contributed by atoms with Gasteiger partial charge in [0, 0.05) is 59.8 Å². The Labute approximate surface area is 423 Å². The third-order valence-electron chi connectivity index (χ3n) is 11.4. The van der Waals surface area contributed by atoms with Gasteiger partial charge in [-0.3, -0.25) is 40.5 Å². The topological polar surface area (TPSA) is 287 Å². The normalized spacial score (nSPS) is 10.6. The van der Waals surface area contributed by atoms with Crippen molar-refractivity contribution in [3.05, 3.63) is 135 Å². The molecule has 3 rings (SSSR count). The molecule has 9 N–H and O–H groups in total. The average molecular weight is 991 g/mol. The maximum absolute atomic E-state index is 11.8. The summed E-state index contributed by atoms with van der Waals surface area (Å²) in [5, 5.41) is 54.5. The number of anilines is 6. The Bertz CT molecular complexity index is 2160. The lowest BCUT2D eigenvalue weighted by Crippen LogP contribution is -2.08. The van der Waals surface area contributed by atoms with Crippen LogP contribution in [0.15, 0.2) is 83.7 Å². The van der Waals surface area contributed by atoms with Gasteiger partial charge in [-0.15, -0.1) is 0 Å². The largest absolute Gasteiger partial charge is 0.398 e. The molecule has 0 aliphatic carbocycles. The van der Waals surface area contributed by atoms with Crippen LogP contribution in [0.1, 0.15) is 176 Å². The van der Waals surface area contributed by atoms with Gasteiger partial charge in [-0.25, -0.2) is 0 Å². The molecule has 396 valence electrons. The molecule has 0 heterocycles. The van der Waals surface area contributed by atoms with E-state index in [1.165, 1.54) is 117 Å². The highest BCUT2D eigenvalue weighted by molar-refractivity contribution is 5.70. The van der Waals surface area contributed by atoms with E-state index >= 15 is 0 Å². The second-order valence-electron chi connectivity index (χ2n) is 17.7. The minimum Gasteiger partial charge on any atom is -0.398 e. The Kier molecular flexibility index (Phi) is 33.6. The van der Waals surface area contributed by atoms with Crippen molar-refractivity contribution in [2.24, 2.45) is 0 Å². The summed E-state index contributed by atoms with van der Waals surface area (Å²) in [5.74, 6) is 0. The monoisotopic (exact) mass is 991 g/mol. The number of nitro groups is 4. The van der Waals surface area contributed by atoms with E-state index in [4.69, 9.17) is 17.2 Å². The smallest absolute Gasteiger partial charge is 0.299 e. The first-order chi connectivity index (χ1) is 33.4. The second-order valence-corrected chi connectivity index (χ2v) is 17.7. The molecular weight excluding hydrogens is 905 g/mol. The van der Waals surface area contributed by atoms with Crippen LogP contribution in [0.2, 0.25) is 0 Å². The van der Waals surface area contributed by atoms with Crippen molar-refractivity contribution >= 4 is 45.5 Å². The molecule has 0 fully saturated rings. The quantitative estimate of drug-likeness (QED) is 0.0112. The molecule has 0 saturated carbocycles. The number of hydrogen-bond donors (Lipinski definition) is 6. The fourth-order valence-electron chi connectivity index (χ4n) is 7.23. The molecule has 0 unspecified atom stereocenters. The van der Waals surface area contributed by atoms with E-state index < -0.39 is 19.7 Å². The molecule has 0 bridgehead atoms. The van der Waals surface area contributed by atoms with E-state index in [2.05, 4.69) is 43.3 Å². The highest BCUT2D eigenvalue weighted by Crippen LogP contribution is 2.35. The van der Waals surface area contributed by atoms with Gasteiger partial charge in [-0.1, -0.05) is 137 Å². The molecular formula is C53H86N10O8. The third kappa shape index (κ3) is 26.7. The molecule has 18 heteroatoms. The van der Waals surface area contributed by atoms with Crippen molar-refractivity contribution in [3.63, 3.8) is 0 Å². The van der Waals surface area contributed by atoms with Crippen LogP contribution in [0.5, 0.6) is 0 Å². The maximum atomic E-state index is 11.8. The minimum absolute atomic E-state index is 0. The number of unbranched alkanes of at least 4 members (excludes halogenated alkanes) is 15. The standard InChI is InChI=1S/C29H45N5O4.C14H25N3.C9H12N2O4.CH4/c1-3-5-7-9-11-13-17-31-25-16-15-23(26(30)21-25)19-24-20-27(32-18-14-12-10-8-6-4-2)29(34(37)38)22-28(24)33(35)36;1-2-3-4-5-6-7-10-17-12-8-9-13(15)14(16)11-12;1-6(2)8(10(12)13)5-9(7(3)4)11(14)15;/h15-16,20-22,31-32H,3-14,17-19,30H2,1-2H3;8-9,11,17H,2-7,10,15-16H2,1H3;5H,1H2,2-4H3;1H4/b;;8-5+;. The summed E-state index contributed by atoms with van der Waals surface area (Å²) in [6.07, 6.45) is 23.0. The molecule has 71 heavy (non-hydrogen) atoms. The molecule has 0 aliphatic rings. The number of nitrogen functional groups attached to an aromatic ring is 3. The molecule has 0 radical (unpaired) electrons. The van der Waals surface area contributed by atoms with Gasteiger partial charge in [0.25, 0.3) is 22.8 Å². The van der Waals surface area contributed by atoms with Gasteiger partial charge in [0.05, 0.1) is 43.2 Å². The van der Waals surface area contributed by atoms with Crippen LogP contribution in [0.25, 0.3) is 0 Å². The minimum atomic E-state index is -0.686. The Hall–Kier alpha value is -6.72. The number of nitro benzene ring substituents is 2. The molecule has 3 aromatic carbocycles.